The standard InChI is InChI=1S/C24H28F3N3O/c1-3-16(2)28-23(31)20-14-17-13-18(24(25,26)27)9-10-21(17)30-12-11-29(15-22(20)30)19-7-5-4-6-8-19/h4-10,13,16,20,22H,3,11-12,14-15H2,1-2H3,(H,28,31)/t16-,20-,22-/m0/s1. The van der Waals surface area contributed by atoms with E-state index < -0.39 is 17.7 Å². The van der Waals surface area contributed by atoms with Crippen LogP contribution in [-0.4, -0.2) is 37.6 Å². The number of anilines is 2. The molecule has 2 aromatic rings. The smallest absolute Gasteiger partial charge is 0.368 e. The Labute approximate surface area is 181 Å². The fourth-order valence-corrected chi connectivity index (χ4v) is 4.62. The van der Waals surface area contributed by atoms with Gasteiger partial charge in [-0.3, -0.25) is 4.79 Å². The van der Waals surface area contributed by atoms with E-state index in [1.807, 2.05) is 32.0 Å². The first-order valence-electron chi connectivity index (χ1n) is 10.8. The largest absolute Gasteiger partial charge is 0.416 e. The molecular weight excluding hydrogens is 403 g/mol. The summed E-state index contributed by atoms with van der Waals surface area (Å²) >= 11 is 0. The maximum atomic E-state index is 13.3. The quantitative estimate of drug-likeness (QED) is 0.775. The zero-order chi connectivity index (χ0) is 22.2. The number of hydrogen-bond donors (Lipinski definition) is 1. The Bertz CT molecular complexity index is 931. The second-order valence-electron chi connectivity index (χ2n) is 8.51. The Balaban J connectivity index is 1.68. The highest BCUT2D eigenvalue weighted by atomic mass is 19.4. The fraction of sp³-hybridized carbons (Fsp3) is 0.458. The minimum absolute atomic E-state index is 0.0256. The first-order valence-corrected chi connectivity index (χ1v) is 10.8. The van der Waals surface area contributed by atoms with E-state index >= 15 is 0 Å². The van der Waals surface area contributed by atoms with E-state index in [4.69, 9.17) is 0 Å². The van der Waals surface area contributed by atoms with Gasteiger partial charge in [0, 0.05) is 37.1 Å². The Kier molecular flexibility index (Phi) is 5.86. The Morgan fingerprint density at radius 2 is 1.90 bits per heavy atom. The number of halogens is 3. The molecule has 0 radical (unpaired) electrons. The average molecular weight is 432 g/mol. The highest BCUT2D eigenvalue weighted by molar-refractivity contribution is 5.82. The molecule has 4 nitrogen and oxygen atoms in total. The number of nitrogens with zero attached hydrogens (tertiary/aromatic N) is 2. The van der Waals surface area contributed by atoms with Gasteiger partial charge in [-0.2, -0.15) is 13.2 Å². The van der Waals surface area contributed by atoms with Gasteiger partial charge in [-0.1, -0.05) is 25.1 Å². The lowest BCUT2D eigenvalue weighted by Gasteiger charge is -2.50. The van der Waals surface area contributed by atoms with Crippen LogP contribution in [0.1, 0.15) is 31.4 Å². The van der Waals surface area contributed by atoms with Crippen molar-refractivity contribution in [3.63, 3.8) is 0 Å². The van der Waals surface area contributed by atoms with Gasteiger partial charge in [0.25, 0.3) is 0 Å². The summed E-state index contributed by atoms with van der Waals surface area (Å²) in [6.07, 6.45) is -3.28. The van der Waals surface area contributed by atoms with E-state index in [1.54, 1.807) is 6.07 Å². The van der Waals surface area contributed by atoms with E-state index in [1.165, 1.54) is 6.07 Å². The average Bonchev–Trinajstić information content (AvgIpc) is 2.77. The van der Waals surface area contributed by atoms with Crippen molar-refractivity contribution in [3.05, 3.63) is 59.7 Å². The molecule has 166 valence electrons. The number of nitrogens with one attached hydrogen (secondary N) is 1. The van der Waals surface area contributed by atoms with Crippen molar-refractivity contribution in [1.29, 1.82) is 0 Å². The molecule has 0 bridgehead atoms. The van der Waals surface area contributed by atoms with Crippen LogP contribution in [0.2, 0.25) is 0 Å². The van der Waals surface area contributed by atoms with Gasteiger partial charge in [-0.15, -0.1) is 0 Å². The molecule has 31 heavy (non-hydrogen) atoms. The summed E-state index contributed by atoms with van der Waals surface area (Å²) in [7, 11) is 0. The van der Waals surface area contributed by atoms with Crippen molar-refractivity contribution < 1.29 is 18.0 Å². The molecule has 4 rings (SSSR count). The lowest BCUT2D eigenvalue weighted by Crippen LogP contribution is -2.61. The molecular formula is C24H28F3N3O. The second-order valence-corrected chi connectivity index (χ2v) is 8.51. The number of benzene rings is 2. The Hall–Kier alpha value is -2.70. The lowest BCUT2D eigenvalue weighted by atomic mass is 9.82. The van der Waals surface area contributed by atoms with Crippen molar-refractivity contribution in [3.8, 4) is 0 Å². The zero-order valence-electron chi connectivity index (χ0n) is 17.8. The summed E-state index contributed by atoms with van der Waals surface area (Å²) in [4.78, 5) is 17.6. The molecule has 1 N–H and O–H groups in total. The molecule has 0 aromatic heterocycles. The van der Waals surface area contributed by atoms with Gasteiger partial charge in [0.15, 0.2) is 0 Å². The van der Waals surface area contributed by atoms with Crippen LogP contribution in [0.25, 0.3) is 0 Å². The van der Waals surface area contributed by atoms with Crippen molar-refractivity contribution in [2.75, 3.05) is 29.4 Å². The van der Waals surface area contributed by atoms with E-state index in [-0.39, 0.29) is 18.0 Å². The molecule has 1 saturated heterocycles. The van der Waals surface area contributed by atoms with Crippen LogP contribution in [0.15, 0.2) is 48.5 Å². The van der Waals surface area contributed by atoms with Gasteiger partial charge < -0.3 is 15.1 Å². The van der Waals surface area contributed by atoms with Crippen LogP contribution in [0.4, 0.5) is 24.5 Å². The van der Waals surface area contributed by atoms with E-state index in [0.29, 0.717) is 25.1 Å². The van der Waals surface area contributed by atoms with Crippen molar-refractivity contribution in [2.24, 2.45) is 5.92 Å². The lowest BCUT2D eigenvalue weighted by molar-refractivity contribution is -0.137. The number of carbonyl (C=O) groups excluding carboxylic acids is 1. The summed E-state index contributed by atoms with van der Waals surface area (Å²) in [6.45, 7) is 6.01. The molecule has 0 saturated carbocycles. The maximum Gasteiger partial charge on any atom is 0.416 e. The van der Waals surface area contributed by atoms with E-state index in [9.17, 15) is 18.0 Å². The van der Waals surface area contributed by atoms with Crippen molar-refractivity contribution in [2.45, 2.75) is 44.9 Å². The number of alkyl halides is 3. The highest BCUT2D eigenvalue weighted by Crippen LogP contribution is 2.40. The molecule has 0 spiro atoms. The molecule has 0 aliphatic carbocycles. The van der Waals surface area contributed by atoms with E-state index in [2.05, 4.69) is 27.2 Å². The van der Waals surface area contributed by atoms with Crippen LogP contribution in [0, 0.1) is 5.92 Å². The first kappa shape index (κ1) is 21.5. The van der Waals surface area contributed by atoms with Crippen LogP contribution in [-0.2, 0) is 17.4 Å². The molecule has 2 heterocycles. The van der Waals surface area contributed by atoms with Gasteiger partial charge >= 0.3 is 6.18 Å². The van der Waals surface area contributed by atoms with Crippen LogP contribution >= 0.6 is 0 Å². The van der Waals surface area contributed by atoms with Crippen LogP contribution in [0.5, 0.6) is 0 Å². The first-order chi connectivity index (χ1) is 14.8. The van der Waals surface area contributed by atoms with E-state index in [0.717, 1.165) is 30.4 Å². The predicted octanol–water partition coefficient (Wildman–Crippen LogP) is 4.49. The third kappa shape index (κ3) is 4.36. The van der Waals surface area contributed by atoms with Gasteiger partial charge in [-0.25, -0.2) is 0 Å². The SMILES string of the molecule is CC[C@H](C)NC(=O)[C@H]1Cc2cc(C(F)(F)F)ccc2N2CCN(c3ccccc3)C[C@@H]12. The van der Waals surface area contributed by atoms with Gasteiger partial charge in [0.05, 0.1) is 17.5 Å². The minimum Gasteiger partial charge on any atom is -0.368 e. The third-order valence-corrected chi connectivity index (χ3v) is 6.50. The molecule has 3 atom stereocenters. The Morgan fingerprint density at radius 1 is 1.16 bits per heavy atom. The number of hydrogen-bond acceptors (Lipinski definition) is 3. The second kappa shape index (κ2) is 8.44. The minimum atomic E-state index is -4.40. The summed E-state index contributed by atoms with van der Waals surface area (Å²) in [5.41, 5.74) is 1.86. The number of para-hydroxylation sites is 1. The Morgan fingerprint density at radius 3 is 2.58 bits per heavy atom. The normalized spacial score (nSPS) is 21.8. The predicted molar refractivity (Wildman–Crippen MR) is 116 cm³/mol. The number of piperazine rings is 1. The molecule has 2 aliphatic heterocycles. The van der Waals surface area contributed by atoms with Gasteiger partial charge in [-0.05, 0) is 55.7 Å². The number of carbonyl (C=O) groups is 1. The summed E-state index contributed by atoms with van der Waals surface area (Å²) in [5, 5.41) is 3.06. The number of fused-ring (bicyclic) bond motifs is 3. The fourth-order valence-electron chi connectivity index (χ4n) is 4.62. The third-order valence-electron chi connectivity index (χ3n) is 6.50. The maximum absolute atomic E-state index is 13.3. The summed E-state index contributed by atoms with van der Waals surface area (Å²) in [5.74, 6) is -0.487. The van der Waals surface area contributed by atoms with Crippen molar-refractivity contribution in [1.82, 2.24) is 5.32 Å². The topological polar surface area (TPSA) is 35.6 Å². The summed E-state index contributed by atoms with van der Waals surface area (Å²) in [6, 6.07) is 13.9. The molecule has 2 aliphatic rings. The molecule has 1 amide bonds. The van der Waals surface area contributed by atoms with Crippen LogP contribution in [0.3, 0.4) is 0 Å². The van der Waals surface area contributed by atoms with Gasteiger partial charge in [0.2, 0.25) is 5.91 Å². The highest BCUT2D eigenvalue weighted by Gasteiger charge is 2.43. The van der Waals surface area contributed by atoms with Crippen molar-refractivity contribution >= 4 is 17.3 Å². The number of rotatable bonds is 4. The van der Waals surface area contributed by atoms with Crippen LogP contribution < -0.4 is 15.1 Å². The molecule has 1 fully saturated rings. The molecule has 0 unspecified atom stereocenters. The number of amides is 1. The summed E-state index contributed by atoms with van der Waals surface area (Å²) < 4.78 is 39.9. The molecule has 7 heteroatoms. The monoisotopic (exact) mass is 431 g/mol. The van der Waals surface area contributed by atoms with Gasteiger partial charge in [0.1, 0.15) is 0 Å². The zero-order valence-corrected chi connectivity index (χ0v) is 17.8. The molecule has 2 aromatic carbocycles.